The number of amides is 1. The molecule has 4 nitrogen and oxygen atoms in total. The first kappa shape index (κ1) is 11.2. The molecule has 0 saturated carbocycles. The number of hydrogen-bond donors (Lipinski definition) is 1. The number of aryl methyl sites for hydroxylation is 1. The van der Waals surface area contributed by atoms with Crippen molar-refractivity contribution in [3.05, 3.63) is 53.9 Å². The van der Waals surface area contributed by atoms with Gasteiger partial charge in [-0.1, -0.05) is 6.07 Å². The van der Waals surface area contributed by atoms with Crippen LogP contribution in [0.1, 0.15) is 16.1 Å². The first-order valence-electron chi connectivity index (χ1n) is 5.00. The van der Waals surface area contributed by atoms with Gasteiger partial charge in [-0.2, -0.15) is 0 Å². The van der Waals surface area contributed by atoms with E-state index < -0.39 is 5.82 Å². The normalized spacial score (nSPS) is 10.0. The third kappa shape index (κ3) is 2.63. The van der Waals surface area contributed by atoms with Gasteiger partial charge in [0.05, 0.1) is 11.3 Å². The Balaban J connectivity index is 2.20. The molecule has 0 fully saturated rings. The molecule has 1 aromatic heterocycles. The van der Waals surface area contributed by atoms with Gasteiger partial charge >= 0.3 is 0 Å². The lowest BCUT2D eigenvalue weighted by atomic mass is 10.2. The highest BCUT2D eigenvalue weighted by atomic mass is 19.1. The summed E-state index contributed by atoms with van der Waals surface area (Å²) in [7, 11) is 0. The maximum atomic E-state index is 12.9. The molecule has 0 saturated heterocycles. The van der Waals surface area contributed by atoms with Crippen LogP contribution in [0.4, 0.5) is 10.1 Å². The molecule has 5 heteroatoms. The molecule has 1 aromatic carbocycles. The van der Waals surface area contributed by atoms with Gasteiger partial charge < -0.3 is 5.32 Å². The number of nitrogens with zero attached hydrogens (tertiary/aromatic N) is 2. The molecule has 17 heavy (non-hydrogen) atoms. The van der Waals surface area contributed by atoms with Crippen LogP contribution in [0.3, 0.4) is 0 Å². The van der Waals surface area contributed by atoms with Crippen molar-refractivity contribution in [3.8, 4) is 0 Å². The molecule has 1 N–H and O–H groups in total. The smallest absolute Gasteiger partial charge is 0.259 e. The number of anilines is 1. The lowest BCUT2D eigenvalue weighted by molar-refractivity contribution is 0.102. The first-order chi connectivity index (χ1) is 8.16. The van der Waals surface area contributed by atoms with E-state index in [-0.39, 0.29) is 5.91 Å². The number of carbonyl (C=O) groups is 1. The van der Waals surface area contributed by atoms with Gasteiger partial charge in [-0.3, -0.25) is 4.79 Å². The van der Waals surface area contributed by atoms with Gasteiger partial charge in [-0.15, -0.1) is 0 Å². The summed E-state index contributed by atoms with van der Waals surface area (Å²) < 4.78 is 12.9. The monoisotopic (exact) mass is 231 g/mol. The Morgan fingerprint density at radius 3 is 2.94 bits per heavy atom. The predicted octanol–water partition coefficient (Wildman–Crippen LogP) is 2.18. The van der Waals surface area contributed by atoms with E-state index >= 15 is 0 Å². The standard InChI is InChI=1S/C12H10FN3O/c1-8-11(6-14-7-15-8)12(17)16-10-4-2-3-9(13)5-10/h2-7H,1H3,(H,16,17). The Hall–Kier alpha value is -2.30. The molecule has 0 radical (unpaired) electrons. The van der Waals surface area contributed by atoms with Crippen molar-refractivity contribution in [1.29, 1.82) is 0 Å². The fraction of sp³-hybridized carbons (Fsp3) is 0.0833. The molecule has 0 unspecified atom stereocenters. The van der Waals surface area contributed by atoms with Crippen LogP contribution in [0.2, 0.25) is 0 Å². The van der Waals surface area contributed by atoms with E-state index in [1.165, 1.54) is 30.7 Å². The fourth-order valence-corrected chi connectivity index (χ4v) is 1.38. The molecule has 1 amide bonds. The minimum Gasteiger partial charge on any atom is -0.322 e. The van der Waals surface area contributed by atoms with Gasteiger partial charge in [0.25, 0.3) is 5.91 Å². The number of hydrogen-bond acceptors (Lipinski definition) is 3. The summed E-state index contributed by atoms with van der Waals surface area (Å²) in [6.07, 6.45) is 2.80. The van der Waals surface area contributed by atoms with Crippen LogP contribution in [0.5, 0.6) is 0 Å². The molecule has 2 aromatic rings. The Bertz CT molecular complexity index is 557. The average Bonchev–Trinajstić information content (AvgIpc) is 2.29. The number of nitrogens with one attached hydrogen (secondary N) is 1. The molecule has 1 heterocycles. The highest BCUT2D eigenvalue weighted by Crippen LogP contribution is 2.11. The summed E-state index contributed by atoms with van der Waals surface area (Å²) in [5, 5.41) is 2.58. The molecule has 2 rings (SSSR count). The van der Waals surface area contributed by atoms with Crippen LogP contribution < -0.4 is 5.32 Å². The highest BCUT2D eigenvalue weighted by Gasteiger charge is 2.10. The van der Waals surface area contributed by atoms with Crippen LogP contribution in [-0.4, -0.2) is 15.9 Å². The third-order valence-corrected chi connectivity index (χ3v) is 2.24. The van der Waals surface area contributed by atoms with Crippen molar-refractivity contribution >= 4 is 11.6 Å². The molecular formula is C12H10FN3O. The Morgan fingerprint density at radius 1 is 1.41 bits per heavy atom. The van der Waals surface area contributed by atoms with Gasteiger partial charge in [-0.25, -0.2) is 14.4 Å². The number of rotatable bonds is 2. The summed E-state index contributed by atoms with van der Waals surface area (Å²) in [6.45, 7) is 1.71. The van der Waals surface area contributed by atoms with E-state index in [4.69, 9.17) is 0 Å². The second-order valence-electron chi connectivity index (χ2n) is 3.49. The van der Waals surface area contributed by atoms with Crippen molar-refractivity contribution in [1.82, 2.24) is 9.97 Å². The van der Waals surface area contributed by atoms with Gasteiger partial charge in [0.15, 0.2) is 0 Å². The molecule has 0 spiro atoms. The number of aromatic nitrogens is 2. The molecule has 0 aliphatic heterocycles. The van der Waals surface area contributed by atoms with Gasteiger partial charge in [-0.05, 0) is 25.1 Å². The second kappa shape index (κ2) is 4.69. The molecule has 0 aliphatic carbocycles. The Kier molecular flexibility index (Phi) is 3.09. The van der Waals surface area contributed by atoms with Gasteiger partial charge in [0.1, 0.15) is 12.1 Å². The molecule has 86 valence electrons. The summed E-state index contributed by atoms with van der Waals surface area (Å²) in [6, 6.07) is 5.70. The number of benzene rings is 1. The van der Waals surface area contributed by atoms with E-state index in [2.05, 4.69) is 15.3 Å². The van der Waals surface area contributed by atoms with Crippen LogP contribution >= 0.6 is 0 Å². The topological polar surface area (TPSA) is 54.9 Å². The van der Waals surface area contributed by atoms with Crippen molar-refractivity contribution < 1.29 is 9.18 Å². The summed E-state index contributed by atoms with van der Waals surface area (Å²) >= 11 is 0. The Morgan fingerprint density at radius 2 is 2.24 bits per heavy atom. The average molecular weight is 231 g/mol. The Labute approximate surface area is 97.5 Å². The van der Waals surface area contributed by atoms with E-state index in [1.807, 2.05) is 0 Å². The maximum absolute atomic E-state index is 12.9. The summed E-state index contributed by atoms with van der Waals surface area (Å²) in [5.74, 6) is -0.752. The van der Waals surface area contributed by atoms with Gasteiger partial charge in [0.2, 0.25) is 0 Å². The van der Waals surface area contributed by atoms with E-state index in [9.17, 15) is 9.18 Å². The van der Waals surface area contributed by atoms with Crippen molar-refractivity contribution in [2.75, 3.05) is 5.32 Å². The molecular weight excluding hydrogens is 221 g/mol. The fourth-order valence-electron chi connectivity index (χ4n) is 1.38. The number of halogens is 1. The van der Waals surface area contributed by atoms with E-state index in [1.54, 1.807) is 13.0 Å². The van der Waals surface area contributed by atoms with Crippen molar-refractivity contribution in [2.45, 2.75) is 6.92 Å². The largest absolute Gasteiger partial charge is 0.322 e. The van der Waals surface area contributed by atoms with Crippen LogP contribution in [0.25, 0.3) is 0 Å². The summed E-state index contributed by atoms with van der Waals surface area (Å²) in [4.78, 5) is 19.5. The zero-order chi connectivity index (χ0) is 12.3. The lowest BCUT2D eigenvalue weighted by Crippen LogP contribution is -2.14. The van der Waals surface area contributed by atoms with E-state index in [0.717, 1.165) is 0 Å². The zero-order valence-corrected chi connectivity index (χ0v) is 9.14. The second-order valence-corrected chi connectivity index (χ2v) is 3.49. The lowest BCUT2D eigenvalue weighted by Gasteiger charge is -2.06. The quantitative estimate of drug-likeness (QED) is 0.861. The summed E-state index contributed by atoms with van der Waals surface area (Å²) in [5.41, 5.74) is 1.35. The highest BCUT2D eigenvalue weighted by molar-refractivity contribution is 6.04. The SMILES string of the molecule is Cc1ncncc1C(=O)Nc1cccc(F)c1. The molecule has 0 bridgehead atoms. The molecule has 0 atom stereocenters. The van der Waals surface area contributed by atoms with E-state index in [0.29, 0.717) is 16.9 Å². The van der Waals surface area contributed by atoms with Gasteiger partial charge in [0, 0.05) is 11.9 Å². The predicted molar refractivity (Wildman–Crippen MR) is 61.1 cm³/mol. The zero-order valence-electron chi connectivity index (χ0n) is 9.14. The van der Waals surface area contributed by atoms with Crippen molar-refractivity contribution in [2.24, 2.45) is 0 Å². The third-order valence-electron chi connectivity index (χ3n) is 2.24. The first-order valence-corrected chi connectivity index (χ1v) is 5.00. The number of carbonyl (C=O) groups excluding carboxylic acids is 1. The van der Waals surface area contributed by atoms with Crippen LogP contribution in [0, 0.1) is 12.7 Å². The minimum atomic E-state index is -0.399. The molecule has 0 aliphatic rings. The maximum Gasteiger partial charge on any atom is 0.259 e. The minimum absolute atomic E-state index is 0.353. The van der Waals surface area contributed by atoms with Crippen molar-refractivity contribution in [3.63, 3.8) is 0 Å². The van der Waals surface area contributed by atoms with Crippen LogP contribution in [0.15, 0.2) is 36.8 Å². The van der Waals surface area contributed by atoms with Crippen LogP contribution in [-0.2, 0) is 0 Å².